The van der Waals surface area contributed by atoms with E-state index in [0.717, 1.165) is 12.1 Å². The molecule has 10 nitrogen and oxygen atoms in total. The highest BCUT2D eigenvalue weighted by atomic mass is 16.6. The smallest absolute Gasteiger partial charge is 0.328 e. The van der Waals surface area contributed by atoms with Crippen molar-refractivity contribution in [2.24, 2.45) is 11.5 Å². The molecule has 0 saturated heterocycles. The monoisotopic (exact) mass is 312 g/mol. The maximum Gasteiger partial charge on any atom is 0.328 e. The van der Waals surface area contributed by atoms with Gasteiger partial charge in [-0.15, -0.1) is 0 Å². The van der Waals surface area contributed by atoms with Crippen molar-refractivity contribution in [1.82, 2.24) is 0 Å². The fraction of sp³-hybridized carbons (Fsp3) is 0.417. The van der Waals surface area contributed by atoms with Crippen LogP contribution >= 0.6 is 0 Å². The summed E-state index contributed by atoms with van der Waals surface area (Å²) in [5.41, 5.74) is 7.71. The summed E-state index contributed by atoms with van der Waals surface area (Å²) in [4.78, 5) is 31.6. The fourth-order valence-corrected chi connectivity index (χ4v) is 2.07. The highest BCUT2D eigenvalue weighted by molar-refractivity contribution is 5.82. The van der Waals surface area contributed by atoms with Crippen molar-refractivity contribution in [2.45, 2.75) is 24.8 Å². The number of nitro groups is 2. The lowest BCUT2D eigenvalue weighted by Crippen LogP contribution is -2.45. The minimum Gasteiger partial charge on any atom is -0.480 e. The zero-order chi connectivity index (χ0) is 16.9. The second kappa shape index (κ2) is 6.91. The summed E-state index contributed by atoms with van der Waals surface area (Å²) in [6.45, 7) is 0.331. The molecule has 22 heavy (non-hydrogen) atoms. The normalized spacial score (nSPS) is 13.4. The topological polar surface area (TPSA) is 176 Å². The Bertz CT molecular complexity index is 605. The molecule has 1 unspecified atom stereocenters. The average Bonchev–Trinajstić information content (AvgIpc) is 2.46. The van der Waals surface area contributed by atoms with Gasteiger partial charge in [0, 0.05) is 6.07 Å². The first kappa shape index (κ1) is 17.5. The molecule has 5 N–H and O–H groups in total. The molecule has 0 bridgehead atoms. The molecule has 0 aliphatic heterocycles. The van der Waals surface area contributed by atoms with Crippen LogP contribution < -0.4 is 11.5 Å². The molecule has 0 fully saturated rings. The number of nitro benzene ring substituents is 2. The summed E-state index contributed by atoms with van der Waals surface area (Å²) in [6, 6.07) is 2.73. The summed E-state index contributed by atoms with van der Waals surface area (Å²) in [5, 5.41) is 31.2. The van der Waals surface area contributed by atoms with Crippen LogP contribution in [0.25, 0.3) is 0 Å². The Morgan fingerprint density at radius 2 is 1.86 bits per heavy atom. The van der Waals surface area contributed by atoms with Gasteiger partial charge in [-0.3, -0.25) is 20.2 Å². The number of non-ortho nitro benzene ring substituents is 1. The number of carbonyl (C=O) groups is 1. The van der Waals surface area contributed by atoms with E-state index < -0.39 is 32.7 Å². The maximum atomic E-state index is 11.5. The standard InChI is InChI=1S/C12H16N4O6/c13-6-2-1-5-12(14,11(17)18)9-4-3-8(15(19)20)7-10(9)16(21)22/h3-4,7H,1-2,5-6,13-14H2,(H,17,18). The van der Waals surface area contributed by atoms with Gasteiger partial charge in [0.25, 0.3) is 11.4 Å². The predicted molar refractivity (Wildman–Crippen MR) is 76.2 cm³/mol. The van der Waals surface area contributed by atoms with Gasteiger partial charge in [-0.1, -0.05) is 0 Å². The van der Waals surface area contributed by atoms with Crippen LogP contribution in [0.1, 0.15) is 24.8 Å². The Morgan fingerprint density at radius 1 is 1.23 bits per heavy atom. The van der Waals surface area contributed by atoms with Crippen molar-refractivity contribution in [3.8, 4) is 0 Å². The van der Waals surface area contributed by atoms with Crippen molar-refractivity contribution in [3.63, 3.8) is 0 Å². The molecule has 1 aromatic rings. The Morgan fingerprint density at radius 3 is 2.32 bits per heavy atom. The van der Waals surface area contributed by atoms with Gasteiger partial charge < -0.3 is 16.6 Å². The van der Waals surface area contributed by atoms with Gasteiger partial charge in [0.05, 0.1) is 21.5 Å². The van der Waals surface area contributed by atoms with E-state index in [1.807, 2.05) is 0 Å². The number of hydrogen-bond donors (Lipinski definition) is 3. The zero-order valence-corrected chi connectivity index (χ0v) is 11.6. The lowest BCUT2D eigenvalue weighted by atomic mass is 9.84. The first-order valence-corrected chi connectivity index (χ1v) is 6.39. The van der Waals surface area contributed by atoms with Gasteiger partial charge in [0.1, 0.15) is 5.54 Å². The SMILES string of the molecule is NCCCCC(N)(C(=O)O)c1ccc([N+](=O)[O-])cc1[N+](=O)[O-]. The number of nitrogens with two attached hydrogens (primary N) is 2. The number of carboxylic acid groups (broad SMARTS) is 1. The van der Waals surface area contributed by atoms with Crippen molar-refractivity contribution in [1.29, 1.82) is 0 Å². The van der Waals surface area contributed by atoms with Crippen molar-refractivity contribution in [3.05, 3.63) is 44.0 Å². The molecule has 0 aliphatic carbocycles. The van der Waals surface area contributed by atoms with Gasteiger partial charge in [-0.25, -0.2) is 4.79 Å². The highest BCUT2D eigenvalue weighted by Crippen LogP contribution is 2.34. The summed E-state index contributed by atoms with van der Waals surface area (Å²) in [6.07, 6.45) is 0.790. The second-order valence-electron chi connectivity index (χ2n) is 4.74. The van der Waals surface area contributed by atoms with Gasteiger partial charge in [0.2, 0.25) is 0 Å². The molecule has 10 heteroatoms. The molecule has 0 heterocycles. The summed E-state index contributed by atoms with van der Waals surface area (Å²) < 4.78 is 0. The zero-order valence-electron chi connectivity index (χ0n) is 11.6. The first-order chi connectivity index (χ1) is 10.2. The molecule has 0 radical (unpaired) electrons. The van der Waals surface area contributed by atoms with Gasteiger partial charge in [-0.2, -0.15) is 0 Å². The molecular weight excluding hydrogens is 296 g/mol. The number of rotatable bonds is 8. The highest BCUT2D eigenvalue weighted by Gasteiger charge is 2.41. The molecule has 1 aromatic carbocycles. The number of carboxylic acids is 1. The molecule has 0 aliphatic rings. The Balaban J connectivity index is 3.38. The van der Waals surface area contributed by atoms with Crippen molar-refractivity contribution >= 4 is 17.3 Å². The van der Waals surface area contributed by atoms with Gasteiger partial charge >= 0.3 is 5.97 Å². The number of nitrogens with zero attached hydrogens (tertiary/aromatic N) is 2. The van der Waals surface area contributed by atoms with Crippen LogP contribution in [-0.4, -0.2) is 27.5 Å². The van der Waals surface area contributed by atoms with E-state index in [-0.39, 0.29) is 12.0 Å². The van der Waals surface area contributed by atoms with Crippen LogP contribution in [-0.2, 0) is 10.3 Å². The molecule has 0 aromatic heterocycles. The molecule has 0 saturated carbocycles. The minimum absolute atomic E-state index is 0.0712. The van der Waals surface area contributed by atoms with Crippen LogP contribution in [0.3, 0.4) is 0 Å². The Labute approximate surface area is 125 Å². The Hall–Kier alpha value is -2.59. The van der Waals surface area contributed by atoms with Crippen LogP contribution in [0.4, 0.5) is 11.4 Å². The van der Waals surface area contributed by atoms with E-state index >= 15 is 0 Å². The third-order valence-corrected chi connectivity index (χ3v) is 3.28. The molecule has 1 atom stereocenters. The third-order valence-electron chi connectivity index (χ3n) is 3.28. The van der Waals surface area contributed by atoms with E-state index in [1.54, 1.807) is 0 Å². The maximum absolute atomic E-state index is 11.5. The molecular formula is C12H16N4O6. The van der Waals surface area contributed by atoms with Gasteiger partial charge in [0.15, 0.2) is 0 Å². The van der Waals surface area contributed by atoms with Crippen LogP contribution in [0.2, 0.25) is 0 Å². The molecule has 120 valence electrons. The number of benzene rings is 1. The average molecular weight is 312 g/mol. The lowest BCUT2D eigenvalue weighted by molar-refractivity contribution is -0.394. The minimum atomic E-state index is -2.01. The third kappa shape index (κ3) is 3.54. The predicted octanol–water partition coefficient (Wildman–Crippen LogP) is 0.871. The number of aliphatic carboxylic acids is 1. The molecule has 1 rings (SSSR count). The van der Waals surface area contributed by atoms with E-state index in [1.165, 1.54) is 0 Å². The van der Waals surface area contributed by atoms with E-state index in [4.69, 9.17) is 11.5 Å². The number of hydrogen-bond acceptors (Lipinski definition) is 7. The summed E-state index contributed by atoms with van der Waals surface area (Å²) in [5.74, 6) is -1.44. The summed E-state index contributed by atoms with van der Waals surface area (Å²) in [7, 11) is 0. The van der Waals surface area contributed by atoms with Crippen molar-refractivity contribution < 1.29 is 19.7 Å². The fourth-order valence-electron chi connectivity index (χ4n) is 2.07. The first-order valence-electron chi connectivity index (χ1n) is 6.39. The molecule has 0 spiro atoms. The van der Waals surface area contributed by atoms with Crippen LogP contribution in [0, 0.1) is 20.2 Å². The van der Waals surface area contributed by atoms with Crippen LogP contribution in [0.5, 0.6) is 0 Å². The summed E-state index contributed by atoms with van der Waals surface area (Å²) >= 11 is 0. The quantitative estimate of drug-likeness (QED) is 0.359. The largest absolute Gasteiger partial charge is 0.480 e. The van der Waals surface area contributed by atoms with Gasteiger partial charge in [-0.05, 0) is 31.9 Å². The lowest BCUT2D eigenvalue weighted by Gasteiger charge is -2.24. The van der Waals surface area contributed by atoms with Crippen LogP contribution in [0.15, 0.2) is 18.2 Å². The number of unbranched alkanes of at least 4 members (excludes halogenated alkanes) is 1. The van der Waals surface area contributed by atoms with E-state index in [0.29, 0.717) is 25.5 Å². The van der Waals surface area contributed by atoms with Crippen molar-refractivity contribution in [2.75, 3.05) is 6.54 Å². The molecule has 0 amide bonds. The second-order valence-corrected chi connectivity index (χ2v) is 4.74. The Kier molecular flexibility index (Phi) is 5.49. The van der Waals surface area contributed by atoms with E-state index in [2.05, 4.69) is 0 Å². The van der Waals surface area contributed by atoms with E-state index in [9.17, 15) is 30.1 Å².